The lowest BCUT2D eigenvalue weighted by Crippen LogP contribution is -2.54. The Labute approximate surface area is 176 Å². The Kier molecular flexibility index (Phi) is 5.38. The number of fused-ring (bicyclic) bond motifs is 1. The molecule has 0 saturated carbocycles. The molecule has 8 heteroatoms. The van der Waals surface area contributed by atoms with Gasteiger partial charge in [0.1, 0.15) is 0 Å². The standard InChI is InChI=1S/C22H24N2O5S/c1-15-7-8-20(16(2)13-15)30(27,28)24-11-9-23(10-12-24)21(25)19-14-17-5-3-4-6-18(17)22(26)29-19/h3-8,13,19H,9-12,14H2,1-2H3/t19-/m0/s1. The lowest BCUT2D eigenvalue weighted by atomic mass is 9.98. The third-order valence-electron chi connectivity index (χ3n) is 5.67. The van der Waals surface area contributed by atoms with Gasteiger partial charge in [-0.1, -0.05) is 35.9 Å². The quantitative estimate of drug-likeness (QED) is 0.698. The van der Waals surface area contributed by atoms with Crippen LogP contribution < -0.4 is 0 Å². The average molecular weight is 429 g/mol. The Morgan fingerprint density at radius 1 is 1.03 bits per heavy atom. The number of esters is 1. The van der Waals surface area contributed by atoms with Crippen molar-refractivity contribution < 1.29 is 22.7 Å². The highest BCUT2D eigenvalue weighted by molar-refractivity contribution is 7.89. The van der Waals surface area contributed by atoms with Gasteiger partial charge in [-0.05, 0) is 37.1 Å². The Balaban J connectivity index is 1.43. The molecule has 1 fully saturated rings. The van der Waals surface area contributed by atoms with Gasteiger partial charge in [0.15, 0.2) is 6.10 Å². The Hall–Kier alpha value is -2.71. The second kappa shape index (κ2) is 7.85. The van der Waals surface area contributed by atoms with Crippen molar-refractivity contribution in [1.82, 2.24) is 9.21 Å². The predicted octanol–water partition coefficient (Wildman–Crippen LogP) is 1.92. The fraction of sp³-hybridized carbons (Fsp3) is 0.364. The molecule has 30 heavy (non-hydrogen) atoms. The predicted molar refractivity (Wildman–Crippen MR) is 111 cm³/mol. The third kappa shape index (κ3) is 3.73. The Morgan fingerprint density at radius 3 is 2.43 bits per heavy atom. The lowest BCUT2D eigenvalue weighted by Gasteiger charge is -2.36. The monoisotopic (exact) mass is 428 g/mol. The van der Waals surface area contributed by atoms with Crippen LogP contribution in [0.1, 0.15) is 27.0 Å². The van der Waals surface area contributed by atoms with Crippen molar-refractivity contribution in [2.45, 2.75) is 31.3 Å². The van der Waals surface area contributed by atoms with Crippen LogP contribution in [-0.2, 0) is 26.0 Å². The van der Waals surface area contributed by atoms with Gasteiger partial charge in [-0.25, -0.2) is 13.2 Å². The van der Waals surface area contributed by atoms with Gasteiger partial charge in [-0.3, -0.25) is 4.79 Å². The van der Waals surface area contributed by atoms with E-state index < -0.39 is 22.1 Å². The van der Waals surface area contributed by atoms with Crippen molar-refractivity contribution in [1.29, 1.82) is 0 Å². The summed E-state index contributed by atoms with van der Waals surface area (Å²) in [5, 5.41) is 0. The molecule has 2 heterocycles. The molecule has 2 aliphatic heterocycles. The number of hydrogen-bond donors (Lipinski definition) is 0. The first-order valence-electron chi connectivity index (χ1n) is 9.92. The summed E-state index contributed by atoms with van der Waals surface area (Å²) in [6.45, 7) is 4.65. The van der Waals surface area contributed by atoms with E-state index in [2.05, 4.69) is 0 Å². The van der Waals surface area contributed by atoms with Crippen LogP contribution in [0.4, 0.5) is 0 Å². The van der Waals surface area contributed by atoms with E-state index in [1.165, 1.54) is 4.31 Å². The van der Waals surface area contributed by atoms with Crippen molar-refractivity contribution in [3.63, 3.8) is 0 Å². The highest BCUT2D eigenvalue weighted by Crippen LogP contribution is 2.24. The molecule has 1 amide bonds. The molecule has 0 unspecified atom stereocenters. The third-order valence-corrected chi connectivity index (χ3v) is 7.72. The molecular formula is C22H24N2O5S. The van der Waals surface area contributed by atoms with Crippen LogP contribution in [0.5, 0.6) is 0 Å². The van der Waals surface area contributed by atoms with Crippen molar-refractivity contribution in [3.8, 4) is 0 Å². The minimum Gasteiger partial charge on any atom is -0.448 e. The van der Waals surface area contributed by atoms with Crippen molar-refractivity contribution in [2.75, 3.05) is 26.2 Å². The minimum atomic E-state index is -3.62. The zero-order valence-corrected chi connectivity index (χ0v) is 17.8. The van der Waals surface area contributed by atoms with E-state index in [4.69, 9.17) is 4.74 Å². The summed E-state index contributed by atoms with van der Waals surface area (Å²) in [7, 11) is -3.62. The number of cyclic esters (lactones) is 1. The first kappa shape index (κ1) is 20.6. The maximum atomic E-state index is 13.0. The first-order valence-corrected chi connectivity index (χ1v) is 11.4. The van der Waals surface area contributed by atoms with E-state index in [1.54, 1.807) is 36.1 Å². The Bertz CT molecular complexity index is 1100. The highest BCUT2D eigenvalue weighted by atomic mass is 32.2. The van der Waals surface area contributed by atoms with Gasteiger partial charge in [-0.15, -0.1) is 0 Å². The molecular weight excluding hydrogens is 404 g/mol. The molecule has 0 spiro atoms. The minimum absolute atomic E-state index is 0.207. The summed E-state index contributed by atoms with van der Waals surface area (Å²) in [5.41, 5.74) is 3.00. The summed E-state index contributed by atoms with van der Waals surface area (Å²) < 4.78 is 32.8. The van der Waals surface area contributed by atoms with Crippen LogP contribution in [0.2, 0.25) is 0 Å². The van der Waals surface area contributed by atoms with Gasteiger partial charge >= 0.3 is 5.97 Å². The zero-order valence-electron chi connectivity index (χ0n) is 17.0. The molecule has 0 bridgehead atoms. The van der Waals surface area contributed by atoms with E-state index in [0.717, 1.165) is 11.1 Å². The molecule has 0 radical (unpaired) electrons. The largest absolute Gasteiger partial charge is 0.448 e. The van der Waals surface area contributed by atoms with Crippen LogP contribution in [0, 0.1) is 13.8 Å². The molecule has 0 N–H and O–H groups in total. The second-order valence-electron chi connectivity index (χ2n) is 7.75. The van der Waals surface area contributed by atoms with Crippen molar-refractivity contribution in [3.05, 3.63) is 64.7 Å². The topological polar surface area (TPSA) is 84.0 Å². The average Bonchev–Trinajstić information content (AvgIpc) is 2.73. The number of carbonyl (C=O) groups is 2. The van der Waals surface area contributed by atoms with Crippen LogP contribution >= 0.6 is 0 Å². The van der Waals surface area contributed by atoms with Gasteiger partial charge < -0.3 is 9.64 Å². The molecule has 1 saturated heterocycles. The van der Waals surface area contributed by atoms with Gasteiger partial charge in [0.05, 0.1) is 10.5 Å². The molecule has 1 atom stereocenters. The van der Waals surface area contributed by atoms with Crippen LogP contribution in [0.3, 0.4) is 0 Å². The molecule has 0 aliphatic carbocycles. The fourth-order valence-electron chi connectivity index (χ4n) is 4.05. The van der Waals surface area contributed by atoms with E-state index in [0.29, 0.717) is 22.4 Å². The lowest BCUT2D eigenvalue weighted by molar-refractivity contribution is -0.142. The molecule has 2 aliphatic rings. The van der Waals surface area contributed by atoms with E-state index in [9.17, 15) is 18.0 Å². The maximum Gasteiger partial charge on any atom is 0.339 e. The summed E-state index contributed by atoms with van der Waals surface area (Å²) in [6, 6.07) is 12.4. The summed E-state index contributed by atoms with van der Waals surface area (Å²) in [4.78, 5) is 27.0. The number of ether oxygens (including phenoxy) is 1. The number of nitrogens with zero attached hydrogens (tertiary/aromatic N) is 2. The first-order chi connectivity index (χ1) is 14.3. The van der Waals surface area contributed by atoms with Gasteiger partial charge in [0.2, 0.25) is 10.0 Å². The molecule has 4 rings (SSSR count). The van der Waals surface area contributed by atoms with Crippen LogP contribution in [-0.4, -0.2) is 61.8 Å². The summed E-state index contributed by atoms with van der Waals surface area (Å²) >= 11 is 0. The number of benzene rings is 2. The molecule has 7 nitrogen and oxygen atoms in total. The summed E-state index contributed by atoms with van der Waals surface area (Å²) in [6.07, 6.45) is -0.531. The van der Waals surface area contributed by atoms with Crippen molar-refractivity contribution in [2.24, 2.45) is 0 Å². The van der Waals surface area contributed by atoms with Crippen LogP contribution in [0.15, 0.2) is 47.4 Å². The van der Waals surface area contributed by atoms with E-state index in [1.807, 2.05) is 25.1 Å². The number of amides is 1. The number of piperazine rings is 1. The number of hydrogen-bond acceptors (Lipinski definition) is 5. The normalized spacial score (nSPS) is 19.9. The fourth-order valence-corrected chi connectivity index (χ4v) is 5.68. The zero-order chi connectivity index (χ0) is 21.5. The van der Waals surface area contributed by atoms with Gasteiger partial charge in [0.25, 0.3) is 5.91 Å². The highest BCUT2D eigenvalue weighted by Gasteiger charge is 2.37. The van der Waals surface area contributed by atoms with E-state index >= 15 is 0 Å². The van der Waals surface area contributed by atoms with Crippen LogP contribution in [0.25, 0.3) is 0 Å². The van der Waals surface area contributed by atoms with Gasteiger partial charge in [0, 0.05) is 32.6 Å². The Morgan fingerprint density at radius 2 is 1.73 bits per heavy atom. The number of sulfonamides is 1. The number of carbonyl (C=O) groups excluding carboxylic acids is 2. The van der Waals surface area contributed by atoms with E-state index in [-0.39, 0.29) is 32.1 Å². The number of rotatable bonds is 3. The van der Waals surface area contributed by atoms with Gasteiger partial charge in [-0.2, -0.15) is 4.31 Å². The maximum absolute atomic E-state index is 13.0. The SMILES string of the molecule is Cc1ccc(S(=O)(=O)N2CCN(C(=O)[C@@H]3Cc4ccccc4C(=O)O3)CC2)c(C)c1. The number of aryl methyl sites for hydroxylation is 2. The molecule has 158 valence electrons. The molecule has 2 aromatic rings. The molecule has 2 aromatic carbocycles. The second-order valence-corrected chi connectivity index (χ2v) is 9.66. The van der Waals surface area contributed by atoms with Crippen molar-refractivity contribution >= 4 is 21.9 Å². The molecule has 0 aromatic heterocycles. The summed E-state index contributed by atoms with van der Waals surface area (Å²) in [5.74, 6) is -0.771. The smallest absolute Gasteiger partial charge is 0.339 e.